The van der Waals surface area contributed by atoms with Crippen molar-refractivity contribution >= 4 is 22.7 Å². The van der Waals surface area contributed by atoms with Crippen LogP contribution in [-0.2, 0) is 11.1 Å². The molecule has 0 heterocycles. The van der Waals surface area contributed by atoms with Gasteiger partial charge in [0.15, 0.2) is 0 Å². The molecule has 0 atom stereocenters. The van der Waals surface area contributed by atoms with Crippen LogP contribution in [0.3, 0.4) is 0 Å². The Labute approximate surface area is 90.1 Å². The highest BCUT2D eigenvalue weighted by Crippen LogP contribution is 2.11. The van der Waals surface area contributed by atoms with Gasteiger partial charge in [0, 0.05) is 17.7 Å². The van der Waals surface area contributed by atoms with Gasteiger partial charge in [-0.15, -0.1) is 0 Å². The van der Waals surface area contributed by atoms with Gasteiger partial charge in [0.2, 0.25) is 0 Å². The number of non-ortho nitro benzene ring substituents is 1. The first-order valence-corrected chi connectivity index (χ1v) is 6.18. The third-order valence-electron chi connectivity index (χ3n) is 1.64. The van der Waals surface area contributed by atoms with E-state index in [1.807, 2.05) is 12.5 Å². The van der Waals surface area contributed by atoms with Gasteiger partial charge >= 0.3 is 0 Å². The Hall–Kier alpha value is -1.56. The van der Waals surface area contributed by atoms with Gasteiger partial charge in [0.25, 0.3) is 11.6 Å². The van der Waals surface area contributed by atoms with Crippen molar-refractivity contribution in [2.75, 3.05) is 12.5 Å². The molecule has 1 aromatic carbocycles. The van der Waals surface area contributed by atoms with Crippen LogP contribution in [0.25, 0.3) is 0 Å². The summed E-state index contributed by atoms with van der Waals surface area (Å²) in [4.78, 5) is 21.3. The molecule has 1 N–H and O–H groups in total. The molecule has 1 aromatic rings. The fourth-order valence-corrected chi connectivity index (χ4v) is 1.47. The number of carbonyl (C=O) groups is 1. The van der Waals surface area contributed by atoms with Gasteiger partial charge in [-0.25, -0.2) is 0 Å². The van der Waals surface area contributed by atoms with Crippen LogP contribution in [0.4, 0.5) is 5.69 Å². The van der Waals surface area contributed by atoms with E-state index < -0.39 is 4.92 Å². The predicted molar refractivity (Wildman–Crippen MR) is 59.8 cm³/mol. The van der Waals surface area contributed by atoms with E-state index in [2.05, 4.69) is 4.72 Å². The van der Waals surface area contributed by atoms with Crippen molar-refractivity contribution in [1.82, 2.24) is 4.72 Å². The third kappa shape index (κ3) is 3.25. The molecule has 0 aromatic heterocycles. The maximum Gasteiger partial charge on any atom is 0.292 e. The van der Waals surface area contributed by atoms with Crippen molar-refractivity contribution in [3.63, 3.8) is 0 Å². The second-order valence-corrected chi connectivity index (χ2v) is 4.89. The van der Waals surface area contributed by atoms with Crippen molar-refractivity contribution in [1.29, 1.82) is 0 Å². The number of benzene rings is 1. The first-order valence-electron chi connectivity index (χ1n) is 4.13. The Morgan fingerprint density at radius 1 is 1.33 bits per heavy atom. The highest BCUT2D eigenvalue weighted by atomic mass is 32.2. The number of nitrogens with one attached hydrogen (secondary N) is 1. The van der Waals surface area contributed by atoms with Crippen molar-refractivity contribution < 1.29 is 9.72 Å². The van der Waals surface area contributed by atoms with E-state index in [1.165, 1.54) is 24.3 Å². The lowest BCUT2D eigenvalue weighted by atomic mass is 10.2. The third-order valence-corrected chi connectivity index (χ3v) is 2.23. The number of hydrogen-bond donors (Lipinski definition) is 1. The summed E-state index contributed by atoms with van der Waals surface area (Å²) in [6.07, 6.45) is 3.76. The van der Waals surface area contributed by atoms with Crippen LogP contribution in [0.2, 0.25) is 0 Å². The highest BCUT2D eigenvalue weighted by Gasteiger charge is 2.13. The fraction of sp³-hybridized carbons (Fsp3) is 0.222. The van der Waals surface area contributed by atoms with Gasteiger partial charge in [-0.3, -0.25) is 14.9 Å². The number of nitro benzene ring substituents is 1. The zero-order valence-electron chi connectivity index (χ0n) is 8.39. The van der Waals surface area contributed by atoms with Crippen molar-refractivity contribution in [2.45, 2.75) is 0 Å². The topological polar surface area (TPSA) is 72.2 Å². The predicted octanol–water partition coefficient (Wildman–Crippen LogP) is 1.12. The van der Waals surface area contributed by atoms with Crippen molar-refractivity contribution in [3.8, 4) is 0 Å². The van der Waals surface area contributed by atoms with Gasteiger partial charge in [-0.05, 0) is 12.1 Å². The number of nitro groups is 1. The standard InChI is InChI=1S/C9H10N2O3S/c1-15(2)10-9(12)7-3-5-8(6-4-7)11(13)14/h3-6H,1-2H3/p+1. The van der Waals surface area contributed by atoms with Crippen LogP contribution in [0.15, 0.2) is 24.3 Å². The quantitative estimate of drug-likeness (QED) is 0.477. The summed E-state index contributed by atoms with van der Waals surface area (Å²) in [7, 11) is 0. The van der Waals surface area contributed by atoms with E-state index in [0.717, 1.165) is 0 Å². The first kappa shape index (κ1) is 11.5. The molecular weight excluding hydrogens is 216 g/mol. The van der Waals surface area contributed by atoms with Gasteiger partial charge in [-0.2, -0.15) is 4.72 Å². The molecule has 0 aliphatic carbocycles. The summed E-state index contributed by atoms with van der Waals surface area (Å²) in [5.74, 6) is -0.210. The number of hydrogen-bond acceptors (Lipinski definition) is 3. The largest absolute Gasteiger partial charge is 0.292 e. The molecule has 0 spiro atoms. The lowest BCUT2D eigenvalue weighted by molar-refractivity contribution is -0.384. The smallest absolute Gasteiger partial charge is 0.265 e. The van der Waals surface area contributed by atoms with E-state index >= 15 is 0 Å². The summed E-state index contributed by atoms with van der Waals surface area (Å²) in [6, 6.07) is 5.53. The molecule has 1 amide bonds. The van der Waals surface area contributed by atoms with E-state index in [-0.39, 0.29) is 22.7 Å². The highest BCUT2D eigenvalue weighted by molar-refractivity contribution is 7.94. The van der Waals surface area contributed by atoms with E-state index in [1.54, 1.807) is 0 Å². The number of amides is 1. The minimum absolute atomic E-state index is 0.0152. The van der Waals surface area contributed by atoms with Crippen LogP contribution in [-0.4, -0.2) is 23.3 Å². The molecule has 1 rings (SSSR count). The number of carbonyl (C=O) groups excluding carboxylic acids is 1. The van der Waals surface area contributed by atoms with Gasteiger partial charge in [0.05, 0.1) is 16.0 Å². The molecular formula is C9H11N2O3S+. The normalized spacial score (nSPS) is 10.1. The van der Waals surface area contributed by atoms with Crippen molar-refractivity contribution in [2.24, 2.45) is 0 Å². The average molecular weight is 227 g/mol. The Morgan fingerprint density at radius 2 is 1.87 bits per heavy atom. The van der Waals surface area contributed by atoms with Crippen LogP contribution in [0.5, 0.6) is 0 Å². The van der Waals surface area contributed by atoms with Crippen LogP contribution in [0.1, 0.15) is 10.4 Å². The Morgan fingerprint density at radius 3 is 2.27 bits per heavy atom. The summed E-state index contributed by atoms with van der Waals surface area (Å²) in [5, 5.41) is 10.4. The van der Waals surface area contributed by atoms with Crippen LogP contribution in [0, 0.1) is 10.1 Å². The maximum absolute atomic E-state index is 11.5. The van der Waals surface area contributed by atoms with Crippen LogP contribution < -0.4 is 4.72 Å². The fourth-order valence-electron chi connectivity index (χ4n) is 0.979. The molecule has 0 unspecified atom stereocenters. The second kappa shape index (κ2) is 4.79. The van der Waals surface area contributed by atoms with Gasteiger partial charge in [-0.1, -0.05) is 0 Å². The maximum atomic E-state index is 11.5. The average Bonchev–Trinajstić information content (AvgIpc) is 2.17. The summed E-state index contributed by atoms with van der Waals surface area (Å²) in [6.45, 7) is 0. The molecule has 5 nitrogen and oxygen atoms in total. The number of nitrogens with zero attached hydrogens (tertiary/aromatic N) is 1. The Bertz CT molecular complexity index is 375. The first-order chi connectivity index (χ1) is 7.00. The SMILES string of the molecule is C[S+](C)NC(=O)c1ccc([N+](=O)[O-])cc1. The zero-order chi connectivity index (χ0) is 11.4. The lowest BCUT2D eigenvalue weighted by Gasteiger charge is -2.00. The molecule has 6 heteroatoms. The molecule has 0 saturated carbocycles. The second-order valence-electron chi connectivity index (χ2n) is 3.05. The van der Waals surface area contributed by atoms with Gasteiger partial charge < -0.3 is 0 Å². The summed E-state index contributed by atoms with van der Waals surface area (Å²) >= 11 is -0.194. The van der Waals surface area contributed by atoms with E-state index in [0.29, 0.717) is 5.56 Å². The monoisotopic (exact) mass is 227 g/mol. The zero-order valence-corrected chi connectivity index (χ0v) is 9.21. The van der Waals surface area contributed by atoms with Crippen LogP contribution >= 0.6 is 0 Å². The molecule has 0 radical (unpaired) electrons. The minimum Gasteiger partial charge on any atom is -0.265 e. The van der Waals surface area contributed by atoms with Crippen molar-refractivity contribution in [3.05, 3.63) is 39.9 Å². The lowest BCUT2D eigenvalue weighted by Crippen LogP contribution is -2.28. The number of rotatable bonds is 3. The summed E-state index contributed by atoms with van der Waals surface area (Å²) in [5.41, 5.74) is 0.417. The molecule has 0 aliphatic heterocycles. The van der Waals surface area contributed by atoms with Gasteiger partial charge in [0.1, 0.15) is 12.5 Å². The minimum atomic E-state index is -0.494. The molecule has 0 fully saturated rings. The molecule has 0 bridgehead atoms. The molecule has 0 aliphatic rings. The molecule has 0 saturated heterocycles. The molecule has 15 heavy (non-hydrogen) atoms. The Balaban J connectivity index is 2.80. The van der Waals surface area contributed by atoms with E-state index in [4.69, 9.17) is 0 Å². The van der Waals surface area contributed by atoms with E-state index in [9.17, 15) is 14.9 Å². The summed E-state index contributed by atoms with van der Waals surface area (Å²) < 4.78 is 2.73. The Kier molecular flexibility index (Phi) is 3.68. The molecule has 80 valence electrons.